The number of hydrogen-bond acceptors (Lipinski definition) is 2. The summed E-state index contributed by atoms with van der Waals surface area (Å²) >= 11 is 0. The van der Waals surface area contributed by atoms with E-state index in [0.717, 1.165) is 18.4 Å². The van der Waals surface area contributed by atoms with Crippen LogP contribution < -0.4 is 10.6 Å². The van der Waals surface area contributed by atoms with E-state index in [2.05, 4.69) is 10.6 Å². The minimum Gasteiger partial charge on any atom is -0.340 e. The summed E-state index contributed by atoms with van der Waals surface area (Å²) in [6.45, 7) is 0. The zero-order valence-electron chi connectivity index (χ0n) is 8.69. The van der Waals surface area contributed by atoms with E-state index >= 15 is 0 Å². The third kappa shape index (κ3) is 1.30. The Bertz CT molecular complexity index is 451. The standard InChI is InChI=1S/C12H12N2O2/c15-10-9(8-4-2-1-3-5-8)13-11(16)12(14-10)6-7-12/h1-5,9H,6-7H2,(H,13,16)(H,14,15). The topological polar surface area (TPSA) is 58.2 Å². The molecule has 1 aliphatic carbocycles. The van der Waals surface area contributed by atoms with Crippen LogP contribution in [0.15, 0.2) is 30.3 Å². The molecular formula is C12H12N2O2. The van der Waals surface area contributed by atoms with E-state index in [-0.39, 0.29) is 11.8 Å². The quantitative estimate of drug-likeness (QED) is 0.718. The molecule has 0 aromatic heterocycles. The number of rotatable bonds is 1. The first kappa shape index (κ1) is 9.39. The van der Waals surface area contributed by atoms with Gasteiger partial charge in [0, 0.05) is 0 Å². The Labute approximate surface area is 93.0 Å². The average Bonchev–Trinajstić information content (AvgIpc) is 3.06. The summed E-state index contributed by atoms with van der Waals surface area (Å²) in [6, 6.07) is 8.74. The van der Waals surface area contributed by atoms with Gasteiger partial charge in [-0.2, -0.15) is 0 Å². The second-order valence-electron chi connectivity index (χ2n) is 4.39. The van der Waals surface area contributed by atoms with Crippen LogP contribution in [0, 0.1) is 0 Å². The van der Waals surface area contributed by atoms with Crippen LogP contribution in [0.4, 0.5) is 0 Å². The molecule has 1 aliphatic heterocycles. The highest BCUT2D eigenvalue weighted by Crippen LogP contribution is 2.38. The van der Waals surface area contributed by atoms with Crippen LogP contribution in [0.1, 0.15) is 24.4 Å². The molecule has 2 fully saturated rings. The van der Waals surface area contributed by atoms with Crippen molar-refractivity contribution in [3.8, 4) is 0 Å². The molecule has 4 heteroatoms. The van der Waals surface area contributed by atoms with Gasteiger partial charge in [0.2, 0.25) is 11.8 Å². The van der Waals surface area contributed by atoms with E-state index in [4.69, 9.17) is 0 Å². The molecule has 82 valence electrons. The third-order valence-corrected chi connectivity index (χ3v) is 3.22. The predicted octanol–water partition coefficient (Wildman–Crippen LogP) is 0.506. The molecule has 3 rings (SSSR count). The van der Waals surface area contributed by atoms with Crippen molar-refractivity contribution >= 4 is 11.8 Å². The maximum absolute atomic E-state index is 11.9. The van der Waals surface area contributed by atoms with Crippen molar-refractivity contribution in [2.24, 2.45) is 0 Å². The number of hydrogen-bond donors (Lipinski definition) is 2. The molecule has 1 unspecified atom stereocenters. The van der Waals surface area contributed by atoms with Crippen LogP contribution in [-0.2, 0) is 9.59 Å². The van der Waals surface area contributed by atoms with Gasteiger partial charge in [-0.25, -0.2) is 0 Å². The monoisotopic (exact) mass is 216 g/mol. The molecule has 1 atom stereocenters. The van der Waals surface area contributed by atoms with E-state index in [1.165, 1.54) is 0 Å². The molecule has 2 amide bonds. The maximum atomic E-state index is 11.9. The first-order valence-electron chi connectivity index (χ1n) is 5.39. The summed E-state index contributed by atoms with van der Waals surface area (Å²) in [6.07, 6.45) is 1.51. The third-order valence-electron chi connectivity index (χ3n) is 3.22. The van der Waals surface area contributed by atoms with E-state index in [0.29, 0.717) is 0 Å². The lowest BCUT2D eigenvalue weighted by molar-refractivity contribution is -0.138. The molecule has 1 heterocycles. The fraction of sp³-hybridized carbons (Fsp3) is 0.333. The van der Waals surface area contributed by atoms with Crippen LogP contribution in [0.5, 0.6) is 0 Å². The average molecular weight is 216 g/mol. The molecule has 4 nitrogen and oxygen atoms in total. The van der Waals surface area contributed by atoms with Crippen LogP contribution in [0.2, 0.25) is 0 Å². The summed E-state index contributed by atoms with van der Waals surface area (Å²) < 4.78 is 0. The molecule has 2 N–H and O–H groups in total. The highest BCUT2D eigenvalue weighted by molar-refractivity contribution is 6.02. The van der Waals surface area contributed by atoms with Gasteiger partial charge in [0.25, 0.3) is 0 Å². The zero-order valence-corrected chi connectivity index (χ0v) is 8.69. The lowest BCUT2D eigenvalue weighted by Gasteiger charge is -2.29. The second kappa shape index (κ2) is 3.07. The fourth-order valence-electron chi connectivity index (χ4n) is 2.06. The van der Waals surface area contributed by atoms with Crippen molar-refractivity contribution in [1.29, 1.82) is 0 Å². The van der Waals surface area contributed by atoms with E-state index in [1.807, 2.05) is 30.3 Å². The predicted molar refractivity (Wildman–Crippen MR) is 57.4 cm³/mol. The number of benzene rings is 1. The molecule has 0 radical (unpaired) electrons. The Morgan fingerprint density at radius 3 is 2.44 bits per heavy atom. The van der Waals surface area contributed by atoms with Gasteiger partial charge in [0.15, 0.2) is 0 Å². The van der Waals surface area contributed by atoms with Crippen LogP contribution in [-0.4, -0.2) is 17.4 Å². The number of nitrogens with one attached hydrogen (secondary N) is 2. The van der Waals surface area contributed by atoms with Crippen molar-refractivity contribution in [1.82, 2.24) is 10.6 Å². The summed E-state index contributed by atoms with van der Waals surface area (Å²) in [5, 5.41) is 5.60. The van der Waals surface area contributed by atoms with E-state index in [1.54, 1.807) is 0 Å². The Balaban J connectivity index is 1.88. The van der Waals surface area contributed by atoms with Gasteiger partial charge in [-0.3, -0.25) is 9.59 Å². The lowest BCUT2D eigenvalue weighted by atomic mass is 10.0. The molecular weight excluding hydrogens is 204 g/mol. The van der Waals surface area contributed by atoms with Gasteiger partial charge < -0.3 is 10.6 Å². The molecule has 1 saturated carbocycles. The Morgan fingerprint density at radius 2 is 1.81 bits per heavy atom. The van der Waals surface area contributed by atoms with Crippen molar-refractivity contribution in [3.05, 3.63) is 35.9 Å². The molecule has 0 bridgehead atoms. The van der Waals surface area contributed by atoms with Gasteiger partial charge in [0.05, 0.1) is 0 Å². The van der Waals surface area contributed by atoms with Gasteiger partial charge in [0.1, 0.15) is 11.6 Å². The van der Waals surface area contributed by atoms with Crippen LogP contribution in [0.25, 0.3) is 0 Å². The van der Waals surface area contributed by atoms with E-state index in [9.17, 15) is 9.59 Å². The smallest absolute Gasteiger partial charge is 0.248 e. The van der Waals surface area contributed by atoms with Crippen molar-refractivity contribution < 1.29 is 9.59 Å². The minimum atomic E-state index is -0.581. The van der Waals surface area contributed by atoms with E-state index < -0.39 is 11.6 Å². The summed E-state index contributed by atoms with van der Waals surface area (Å²) in [7, 11) is 0. The highest BCUT2D eigenvalue weighted by Gasteiger charge is 2.55. The zero-order chi connectivity index (χ0) is 11.2. The number of carbonyl (C=O) groups is 2. The van der Waals surface area contributed by atoms with Gasteiger partial charge in [-0.1, -0.05) is 30.3 Å². The van der Waals surface area contributed by atoms with Crippen molar-refractivity contribution in [2.45, 2.75) is 24.4 Å². The SMILES string of the molecule is O=C1NC2(CC2)C(=O)NC1c1ccccc1. The highest BCUT2D eigenvalue weighted by atomic mass is 16.2. The molecule has 16 heavy (non-hydrogen) atoms. The van der Waals surface area contributed by atoms with Gasteiger partial charge in [-0.05, 0) is 18.4 Å². The number of carbonyl (C=O) groups excluding carboxylic acids is 2. The summed E-state index contributed by atoms with van der Waals surface area (Å²) in [4.78, 5) is 23.7. The van der Waals surface area contributed by atoms with Crippen LogP contribution in [0.3, 0.4) is 0 Å². The molecule has 1 aromatic rings. The van der Waals surface area contributed by atoms with Crippen molar-refractivity contribution in [3.63, 3.8) is 0 Å². The molecule has 1 saturated heterocycles. The molecule has 1 spiro atoms. The van der Waals surface area contributed by atoms with Crippen molar-refractivity contribution in [2.75, 3.05) is 0 Å². The molecule has 2 aliphatic rings. The Hall–Kier alpha value is -1.84. The minimum absolute atomic E-state index is 0.0547. The lowest BCUT2D eigenvalue weighted by Crippen LogP contribution is -2.59. The molecule has 1 aromatic carbocycles. The Morgan fingerprint density at radius 1 is 1.12 bits per heavy atom. The maximum Gasteiger partial charge on any atom is 0.248 e. The first-order chi connectivity index (χ1) is 7.71. The largest absolute Gasteiger partial charge is 0.340 e. The second-order valence-corrected chi connectivity index (χ2v) is 4.39. The van der Waals surface area contributed by atoms with Crippen LogP contribution >= 0.6 is 0 Å². The summed E-state index contributed by atoms with van der Waals surface area (Å²) in [5.41, 5.74) is 0.242. The number of amides is 2. The normalized spacial score (nSPS) is 26.1. The van der Waals surface area contributed by atoms with Gasteiger partial charge in [-0.15, -0.1) is 0 Å². The fourth-order valence-corrected chi connectivity index (χ4v) is 2.06. The van der Waals surface area contributed by atoms with Gasteiger partial charge >= 0.3 is 0 Å². The summed E-state index contributed by atoms with van der Waals surface area (Å²) in [5.74, 6) is -0.163. The first-order valence-corrected chi connectivity index (χ1v) is 5.39. The Kier molecular flexibility index (Phi) is 1.80. The number of piperazine rings is 1.